The Morgan fingerprint density at radius 3 is 2.66 bits per heavy atom. The third-order valence-corrected chi connectivity index (χ3v) is 4.49. The summed E-state index contributed by atoms with van der Waals surface area (Å²) in [5.41, 5.74) is 3.08. The highest BCUT2D eigenvalue weighted by Crippen LogP contribution is 2.25. The summed E-state index contributed by atoms with van der Waals surface area (Å²) in [6, 6.07) is 16.4. The largest absolute Gasteiger partial charge is 0.325 e. The van der Waals surface area contributed by atoms with Gasteiger partial charge in [-0.05, 0) is 36.8 Å². The van der Waals surface area contributed by atoms with E-state index in [2.05, 4.69) is 25.6 Å². The summed E-state index contributed by atoms with van der Waals surface area (Å²) < 4.78 is 1.77. The van der Waals surface area contributed by atoms with Crippen LogP contribution in [0.4, 0.5) is 17.3 Å². The fraction of sp³-hybridized carbons (Fsp3) is 0.0476. The molecule has 4 aromatic rings. The second kappa shape index (κ2) is 8.12. The third-order valence-electron chi connectivity index (χ3n) is 4.28. The molecule has 0 unspecified atom stereocenters. The highest BCUT2D eigenvalue weighted by atomic mass is 35.5. The van der Waals surface area contributed by atoms with E-state index in [1.54, 1.807) is 35.2 Å². The molecule has 144 valence electrons. The van der Waals surface area contributed by atoms with Crippen LogP contribution in [0.15, 0.2) is 73.3 Å². The molecule has 4 rings (SSSR count). The first-order chi connectivity index (χ1) is 14.1. The van der Waals surface area contributed by atoms with Crippen LogP contribution in [-0.4, -0.2) is 25.4 Å². The van der Waals surface area contributed by atoms with Crippen LogP contribution in [0.25, 0.3) is 5.82 Å². The molecular formula is C21H17ClN6O. The lowest BCUT2D eigenvalue weighted by molar-refractivity contribution is 0.102. The van der Waals surface area contributed by atoms with Gasteiger partial charge in [0.25, 0.3) is 5.91 Å². The van der Waals surface area contributed by atoms with Crippen molar-refractivity contribution in [3.63, 3.8) is 0 Å². The third kappa shape index (κ3) is 4.25. The highest BCUT2D eigenvalue weighted by molar-refractivity contribution is 6.29. The number of imidazole rings is 1. The van der Waals surface area contributed by atoms with Gasteiger partial charge < -0.3 is 10.6 Å². The molecule has 0 aliphatic carbocycles. The summed E-state index contributed by atoms with van der Waals surface area (Å²) in [4.78, 5) is 24.9. The van der Waals surface area contributed by atoms with E-state index in [1.807, 2.05) is 43.3 Å². The van der Waals surface area contributed by atoms with Crippen LogP contribution >= 0.6 is 11.6 Å². The zero-order chi connectivity index (χ0) is 20.2. The number of carbonyl (C=O) groups excluding carboxylic acids is 1. The van der Waals surface area contributed by atoms with E-state index in [0.717, 1.165) is 11.3 Å². The molecule has 1 amide bonds. The summed E-state index contributed by atoms with van der Waals surface area (Å²) in [5.74, 6) is 0.989. The molecule has 2 heterocycles. The Bertz CT molecular complexity index is 1160. The standard InChI is InChI=1S/C21H17ClN6O/c1-14-7-8-16(26-20(29)15-5-3-2-4-6-15)11-17(14)27-21-23-9-10-28(21)19-12-18(22)24-13-25-19/h2-13H,1H3,(H,23,27)(H,26,29). The fourth-order valence-electron chi connectivity index (χ4n) is 2.78. The number of amides is 1. The molecule has 2 aromatic heterocycles. The number of halogens is 1. The van der Waals surface area contributed by atoms with E-state index >= 15 is 0 Å². The van der Waals surface area contributed by atoms with Crippen LogP contribution in [0.5, 0.6) is 0 Å². The van der Waals surface area contributed by atoms with Crippen molar-refractivity contribution in [1.29, 1.82) is 0 Å². The normalized spacial score (nSPS) is 10.6. The number of hydrogen-bond donors (Lipinski definition) is 2. The van der Waals surface area contributed by atoms with Crippen LogP contribution < -0.4 is 10.6 Å². The number of anilines is 3. The predicted molar refractivity (Wildman–Crippen MR) is 113 cm³/mol. The molecule has 0 aliphatic rings. The van der Waals surface area contributed by atoms with Crippen LogP contribution in [0, 0.1) is 6.92 Å². The number of hydrogen-bond acceptors (Lipinski definition) is 5. The monoisotopic (exact) mass is 404 g/mol. The average molecular weight is 405 g/mol. The van der Waals surface area contributed by atoms with Gasteiger partial charge in [0, 0.05) is 35.4 Å². The summed E-state index contributed by atoms with van der Waals surface area (Å²) in [6.07, 6.45) is 4.83. The molecule has 0 spiro atoms. The smallest absolute Gasteiger partial charge is 0.255 e. The first kappa shape index (κ1) is 18.6. The van der Waals surface area contributed by atoms with Crippen LogP contribution in [0.3, 0.4) is 0 Å². The molecule has 0 fully saturated rings. The van der Waals surface area contributed by atoms with E-state index in [4.69, 9.17) is 11.6 Å². The van der Waals surface area contributed by atoms with Gasteiger partial charge in [0.2, 0.25) is 5.95 Å². The number of nitrogens with zero attached hydrogens (tertiary/aromatic N) is 4. The molecule has 0 atom stereocenters. The lowest BCUT2D eigenvalue weighted by Crippen LogP contribution is -2.12. The van der Waals surface area contributed by atoms with Gasteiger partial charge in [-0.2, -0.15) is 0 Å². The molecule has 8 heteroatoms. The molecule has 2 aromatic carbocycles. The Morgan fingerprint density at radius 1 is 1.03 bits per heavy atom. The molecule has 0 aliphatic heterocycles. The van der Waals surface area contributed by atoms with Crippen molar-refractivity contribution in [1.82, 2.24) is 19.5 Å². The second-order valence-corrected chi connectivity index (χ2v) is 6.68. The zero-order valence-corrected chi connectivity index (χ0v) is 16.3. The van der Waals surface area contributed by atoms with E-state index in [9.17, 15) is 4.79 Å². The Morgan fingerprint density at radius 2 is 1.86 bits per heavy atom. The minimum atomic E-state index is -0.169. The predicted octanol–water partition coefficient (Wildman–Crippen LogP) is 4.62. The Labute approximate surface area is 172 Å². The summed E-state index contributed by atoms with van der Waals surface area (Å²) in [6.45, 7) is 1.97. The van der Waals surface area contributed by atoms with Crippen molar-refractivity contribution in [3.05, 3.63) is 89.6 Å². The van der Waals surface area contributed by atoms with Crippen molar-refractivity contribution < 1.29 is 4.79 Å². The maximum Gasteiger partial charge on any atom is 0.255 e. The molecule has 0 radical (unpaired) electrons. The van der Waals surface area contributed by atoms with E-state index < -0.39 is 0 Å². The zero-order valence-electron chi connectivity index (χ0n) is 15.5. The average Bonchev–Trinajstić information content (AvgIpc) is 3.19. The minimum absolute atomic E-state index is 0.169. The maximum absolute atomic E-state index is 12.4. The van der Waals surface area contributed by atoms with Crippen molar-refractivity contribution >= 4 is 34.8 Å². The number of aromatic nitrogens is 4. The van der Waals surface area contributed by atoms with Gasteiger partial charge in [0.1, 0.15) is 17.3 Å². The van der Waals surface area contributed by atoms with Gasteiger partial charge >= 0.3 is 0 Å². The second-order valence-electron chi connectivity index (χ2n) is 6.29. The van der Waals surface area contributed by atoms with E-state index in [-0.39, 0.29) is 5.91 Å². The molecule has 2 N–H and O–H groups in total. The van der Waals surface area contributed by atoms with Crippen molar-refractivity contribution in [2.24, 2.45) is 0 Å². The summed E-state index contributed by atoms with van der Waals surface area (Å²) in [7, 11) is 0. The minimum Gasteiger partial charge on any atom is -0.325 e. The summed E-state index contributed by atoms with van der Waals surface area (Å²) >= 11 is 5.97. The quantitative estimate of drug-likeness (QED) is 0.474. The Balaban J connectivity index is 1.58. The van der Waals surface area contributed by atoms with Crippen LogP contribution in [0.1, 0.15) is 15.9 Å². The first-order valence-corrected chi connectivity index (χ1v) is 9.23. The maximum atomic E-state index is 12.4. The molecule has 0 bridgehead atoms. The topological polar surface area (TPSA) is 84.7 Å². The van der Waals surface area contributed by atoms with Crippen molar-refractivity contribution in [2.75, 3.05) is 10.6 Å². The van der Waals surface area contributed by atoms with Gasteiger partial charge in [-0.3, -0.25) is 9.36 Å². The number of nitrogens with one attached hydrogen (secondary N) is 2. The van der Waals surface area contributed by atoms with Gasteiger partial charge in [0.05, 0.1) is 0 Å². The summed E-state index contributed by atoms with van der Waals surface area (Å²) in [5, 5.41) is 6.55. The molecule has 0 saturated carbocycles. The molecule has 0 saturated heterocycles. The lowest BCUT2D eigenvalue weighted by Gasteiger charge is -2.13. The van der Waals surface area contributed by atoms with Gasteiger partial charge in [-0.1, -0.05) is 35.9 Å². The fourth-order valence-corrected chi connectivity index (χ4v) is 2.93. The van der Waals surface area contributed by atoms with Crippen molar-refractivity contribution in [3.8, 4) is 5.82 Å². The van der Waals surface area contributed by atoms with Gasteiger partial charge in [-0.15, -0.1) is 0 Å². The number of benzene rings is 2. The molecular weight excluding hydrogens is 388 g/mol. The molecule has 7 nitrogen and oxygen atoms in total. The number of rotatable bonds is 5. The van der Waals surface area contributed by atoms with Crippen molar-refractivity contribution in [2.45, 2.75) is 6.92 Å². The molecule has 29 heavy (non-hydrogen) atoms. The van der Waals surface area contributed by atoms with E-state index in [1.165, 1.54) is 6.33 Å². The Kier molecular flexibility index (Phi) is 5.22. The van der Waals surface area contributed by atoms with Crippen LogP contribution in [-0.2, 0) is 0 Å². The lowest BCUT2D eigenvalue weighted by atomic mass is 10.1. The number of carbonyl (C=O) groups is 1. The van der Waals surface area contributed by atoms with E-state index in [0.29, 0.717) is 28.2 Å². The SMILES string of the molecule is Cc1ccc(NC(=O)c2ccccc2)cc1Nc1nccn1-c1cc(Cl)ncn1. The Hall–Kier alpha value is -3.71. The highest BCUT2D eigenvalue weighted by Gasteiger charge is 2.11. The first-order valence-electron chi connectivity index (χ1n) is 8.85. The van der Waals surface area contributed by atoms with Gasteiger partial charge in [0.15, 0.2) is 0 Å². The number of aryl methyl sites for hydroxylation is 1. The van der Waals surface area contributed by atoms with Gasteiger partial charge in [-0.25, -0.2) is 15.0 Å². The van der Waals surface area contributed by atoms with Crippen LogP contribution in [0.2, 0.25) is 5.15 Å².